The Hall–Kier alpha value is -2.32. The monoisotopic (exact) mass is 366 g/mol. The Morgan fingerprint density at radius 3 is 2.44 bits per heavy atom. The van der Waals surface area contributed by atoms with Crippen LogP contribution in [0, 0.1) is 11.3 Å². The van der Waals surface area contributed by atoms with Crippen molar-refractivity contribution in [3.63, 3.8) is 0 Å². The fourth-order valence-corrected chi connectivity index (χ4v) is 4.05. The molecule has 2 fully saturated rings. The summed E-state index contributed by atoms with van der Waals surface area (Å²) in [6.07, 6.45) is 7.85. The summed E-state index contributed by atoms with van der Waals surface area (Å²) < 4.78 is 0. The van der Waals surface area contributed by atoms with Gasteiger partial charge < -0.3 is 9.80 Å². The van der Waals surface area contributed by atoms with E-state index in [2.05, 4.69) is 40.1 Å². The molecular formula is C22H30N4O. The minimum Gasteiger partial charge on any atom is -0.376 e. The molecule has 0 N–H and O–H groups in total. The van der Waals surface area contributed by atoms with E-state index in [4.69, 9.17) is 0 Å². The van der Waals surface area contributed by atoms with Gasteiger partial charge in [0.2, 0.25) is 0 Å². The van der Waals surface area contributed by atoms with Crippen LogP contribution in [0.1, 0.15) is 37.7 Å². The van der Waals surface area contributed by atoms with Gasteiger partial charge in [0.05, 0.1) is 0 Å². The molecule has 3 rings (SSSR count). The third kappa shape index (κ3) is 5.33. The Morgan fingerprint density at radius 2 is 1.81 bits per heavy atom. The van der Waals surface area contributed by atoms with Crippen molar-refractivity contribution >= 4 is 5.91 Å². The number of benzene rings is 1. The third-order valence-corrected chi connectivity index (χ3v) is 5.74. The lowest BCUT2D eigenvalue weighted by Crippen LogP contribution is -2.48. The van der Waals surface area contributed by atoms with Gasteiger partial charge in [-0.2, -0.15) is 5.26 Å². The molecule has 5 heteroatoms. The average molecular weight is 367 g/mol. The first-order valence-electron chi connectivity index (χ1n) is 10.1. The minimum atomic E-state index is -0.125. The number of carbonyl (C=O) groups is 1. The minimum absolute atomic E-state index is 0.125. The Bertz CT molecular complexity index is 680. The highest BCUT2D eigenvalue weighted by Crippen LogP contribution is 2.22. The number of hydrogen-bond donors (Lipinski definition) is 0. The molecule has 1 aliphatic heterocycles. The molecule has 1 aromatic carbocycles. The van der Waals surface area contributed by atoms with E-state index in [0.29, 0.717) is 19.1 Å². The average Bonchev–Trinajstić information content (AvgIpc) is 2.73. The molecule has 1 aliphatic carbocycles. The van der Waals surface area contributed by atoms with Gasteiger partial charge in [-0.3, -0.25) is 9.69 Å². The van der Waals surface area contributed by atoms with Crippen LogP contribution >= 0.6 is 0 Å². The zero-order chi connectivity index (χ0) is 19.1. The Morgan fingerprint density at radius 1 is 1.15 bits per heavy atom. The summed E-state index contributed by atoms with van der Waals surface area (Å²) in [5.74, 6) is -0.125. The SMILES string of the molecule is CN(/C=C(/C#N)C(=O)N1CCN(Cc2ccccc2)CC1)C1CCCCC1. The first-order chi connectivity index (χ1) is 13.2. The van der Waals surface area contributed by atoms with Gasteiger partial charge in [0.25, 0.3) is 5.91 Å². The summed E-state index contributed by atoms with van der Waals surface area (Å²) >= 11 is 0. The summed E-state index contributed by atoms with van der Waals surface area (Å²) in [7, 11) is 2.00. The fourth-order valence-electron chi connectivity index (χ4n) is 4.05. The quantitative estimate of drug-likeness (QED) is 0.594. The fraction of sp³-hybridized carbons (Fsp3) is 0.545. The first-order valence-corrected chi connectivity index (χ1v) is 10.1. The summed E-state index contributed by atoms with van der Waals surface area (Å²) in [4.78, 5) is 19.1. The molecule has 5 nitrogen and oxygen atoms in total. The maximum atomic E-state index is 12.8. The topological polar surface area (TPSA) is 50.6 Å². The second-order valence-corrected chi connectivity index (χ2v) is 7.67. The van der Waals surface area contributed by atoms with Crippen molar-refractivity contribution in [2.45, 2.75) is 44.7 Å². The highest BCUT2D eigenvalue weighted by Gasteiger charge is 2.25. The number of nitriles is 1. The zero-order valence-corrected chi connectivity index (χ0v) is 16.3. The van der Waals surface area contributed by atoms with E-state index in [1.54, 1.807) is 6.20 Å². The highest BCUT2D eigenvalue weighted by atomic mass is 16.2. The molecule has 1 heterocycles. The van der Waals surface area contributed by atoms with Gasteiger partial charge in [-0.25, -0.2) is 0 Å². The molecule has 0 spiro atoms. The van der Waals surface area contributed by atoms with E-state index in [9.17, 15) is 10.1 Å². The highest BCUT2D eigenvalue weighted by molar-refractivity contribution is 5.97. The number of nitrogens with zero attached hydrogens (tertiary/aromatic N) is 4. The van der Waals surface area contributed by atoms with Crippen molar-refractivity contribution < 1.29 is 4.79 Å². The van der Waals surface area contributed by atoms with Crippen molar-refractivity contribution in [2.24, 2.45) is 0 Å². The van der Waals surface area contributed by atoms with Crippen LogP contribution in [-0.2, 0) is 11.3 Å². The standard InChI is InChI=1S/C22H30N4O/c1-24(21-10-6-3-7-11-21)18-20(16-23)22(27)26-14-12-25(13-15-26)17-19-8-4-2-5-9-19/h2,4-5,8-9,18,21H,3,6-7,10-15,17H2,1H3/b20-18-. The second-order valence-electron chi connectivity index (χ2n) is 7.67. The lowest BCUT2D eigenvalue weighted by Gasteiger charge is -2.35. The van der Waals surface area contributed by atoms with E-state index in [0.717, 1.165) is 32.5 Å². The van der Waals surface area contributed by atoms with Crippen LogP contribution in [0.25, 0.3) is 0 Å². The van der Waals surface area contributed by atoms with Crippen molar-refractivity contribution in [3.05, 3.63) is 47.7 Å². The summed E-state index contributed by atoms with van der Waals surface area (Å²) in [5, 5.41) is 9.52. The van der Waals surface area contributed by atoms with Gasteiger partial charge in [0.15, 0.2) is 0 Å². The van der Waals surface area contributed by atoms with E-state index >= 15 is 0 Å². The number of piperazine rings is 1. The predicted molar refractivity (Wildman–Crippen MR) is 107 cm³/mol. The largest absolute Gasteiger partial charge is 0.376 e. The molecule has 1 saturated heterocycles. The smallest absolute Gasteiger partial charge is 0.266 e. The maximum Gasteiger partial charge on any atom is 0.266 e. The molecule has 27 heavy (non-hydrogen) atoms. The van der Waals surface area contributed by atoms with E-state index in [-0.39, 0.29) is 11.5 Å². The molecule has 1 aromatic rings. The molecule has 1 amide bonds. The lowest BCUT2D eigenvalue weighted by atomic mass is 9.94. The van der Waals surface area contributed by atoms with Gasteiger partial charge in [0.1, 0.15) is 11.6 Å². The molecule has 0 bridgehead atoms. The van der Waals surface area contributed by atoms with E-state index < -0.39 is 0 Å². The van der Waals surface area contributed by atoms with E-state index in [1.807, 2.05) is 18.0 Å². The summed E-state index contributed by atoms with van der Waals surface area (Å²) in [6, 6.07) is 13.0. The molecule has 1 saturated carbocycles. The van der Waals surface area contributed by atoms with Crippen molar-refractivity contribution in [2.75, 3.05) is 33.2 Å². The van der Waals surface area contributed by atoms with Crippen LogP contribution in [0.2, 0.25) is 0 Å². The van der Waals surface area contributed by atoms with Crippen LogP contribution in [0.5, 0.6) is 0 Å². The molecule has 0 unspecified atom stereocenters. The molecule has 0 atom stereocenters. The molecule has 144 valence electrons. The second kappa shape index (κ2) is 9.57. The van der Waals surface area contributed by atoms with Crippen LogP contribution in [0.3, 0.4) is 0 Å². The predicted octanol–water partition coefficient (Wildman–Crippen LogP) is 3.00. The van der Waals surface area contributed by atoms with Crippen molar-refractivity contribution in [1.82, 2.24) is 14.7 Å². The zero-order valence-electron chi connectivity index (χ0n) is 16.3. The number of hydrogen-bond acceptors (Lipinski definition) is 4. The number of rotatable bonds is 5. The van der Waals surface area contributed by atoms with E-state index in [1.165, 1.54) is 24.8 Å². The van der Waals surface area contributed by atoms with Gasteiger partial charge >= 0.3 is 0 Å². The normalized spacial score (nSPS) is 19.6. The Labute approximate surface area is 162 Å². The van der Waals surface area contributed by atoms with Gasteiger partial charge in [0, 0.05) is 52.0 Å². The van der Waals surface area contributed by atoms with Gasteiger partial charge in [-0.1, -0.05) is 49.6 Å². The number of carbonyl (C=O) groups excluding carboxylic acids is 1. The lowest BCUT2D eigenvalue weighted by molar-refractivity contribution is -0.128. The Kier molecular flexibility index (Phi) is 6.89. The third-order valence-electron chi connectivity index (χ3n) is 5.74. The maximum absolute atomic E-state index is 12.8. The van der Waals surface area contributed by atoms with Gasteiger partial charge in [-0.05, 0) is 18.4 Å². The van der Waals surface area contributed by atoms with Crippen LogP contribution in [0.4, 0.5) is 0 Å². The van der Waals surface area contributed by atoms with Crippen molar-refractivity contribution in [3.8, 4) is 6.07 Å². The molecule has 0 radical (unpaired) electrons. The molecule has 2 aliphatic rings. The van der Waals surface area contributed by atoms with Crippen LogP contribution in [0.15, 0.2) is 42.1 Å². The Balaban J connectivity index is 1.53. The first kappa shape index (κ1) is 19.4. The molecule has 0 aromatic heterocycles. The summed E-state index contributed by atoms with van der Waals surface area (Å²) in [5.41, 5.74) is 1.56. The van der Waals surface area contributed by atoms with Gasteiger partial charge in [-0.15, -0.1) is 0 Å². The van der Waals surface area contributed by atoms with Crippen LogP contribution in [-0.4, -0.2) is 59.9 Å². The number of amides is 1. The molecular weight excluding hydrogens is 336 g/mol. The van der Waals surface area contributed by atoms with Crippen molar-refractivity contribution in [1.29, 1.82) is 5.26 Å². The summed E-state index contributed by atoms with van der Waals surface area (Å²) in [6.45, 7) is 3.96. The van der Waals surface area contributed by atoms with Crippen LogP contribution < -0.4 is 0 Å².